The van der Waals surface area contributed by atoms with Gasteiger partial charge in [0.05, 0.1) is 12.7 Å². The molecule has 3 aliphatic rings. The second kappa shape index (κ2) is 12.0. The van der Waals surface area contributed by atoms with Crippen LogP contribution in [0, 0.1) is 29.1 Å². The summed E-state index contributed by atoms with van der Waals surface area (Å²) in [6.07, 6.45) is 19.8. The highest BCUT2D eigenvalue weighted by molar-refractivity contribution is 7.27. The molecule has 0 radical (unpaired) electrons. The average Bonchev–Trinajstić information content (AvgIpc) is 3.58. The van der Waals surface area contributed by atoms with Gasteiger partial charge in [-0.05, 0) is 96.4 Å². The van der Waals surface area contributed by atoms with Gasteiger partial charge in [0.25, 0.3) is 0 Å². The minimum atomic E-state index is 0.161. The Kier molecular flexibility index (Phi) is 8.91. The minimum absolute atomic E-state index is 0.161. The first-order valence-corrected chi connectivity index (χ1v) is 17.0. The topological polar surface area (TPSA) is 9.23 Å². The van der Waals surface area contributed by atoms with E-state index in [1.54, 1.807) is 16.7 Å². The molecule has 0 saturated carbocycles. The van der Waals surface area contributed by atoms with Gasteiger partial charge in [0.1, 0.15) is 0 Å². The number of ether oxygens (including phenoxy) is 1. The molecular formula is C36H48OS2. The molecule has 0 aromatic carbocycles. The van der Waals surface area contributed by atoms with Crippen LogP contribution in [0.2, 0.25) is 0 Å². The van der Waals surface area contributed by atoms with Gasteiger partial charge in [0.15, 0.2) is 0 Å². The third-order valence-corrected chi connectivity index (χ3v) is 12.2. The van der Waals surface area contributed by atoms with E-state index in [0.717, 1.165) is 25.9 Å². The van der Waals surface area contributed by atoms with Crippen LogP contribution < -0.4 is 0 Å². The van der Waals surface area contributed by atoms with Crippen molar-refractivity contribution < 1.29 is 4.74 Å². The molecule has 0 N–H and O–H groups in total. The quantitative estimate of drug-likeness (QED) is 0.306. The lowest BCUT2D eigenvalue weighted by atomic mass is 9.69. The summed E-state index contributed by atoms with van der Waals surface area (Å²) < 4.78 is 9.54. The number of thiophene rings is 2. The number of hydrogen-bond donors (Lipinski definition) is 0. The van der Waals surface area contributed by atoms with E-state index in [0.29, 0.717) is 29.8 Å². The van der Waals surface area contributed by atoms with E-state index in [9.17, 15) is 0 Å². The van der Waals surface area contributed by atoms with E-state index in [1.807, 2.05) is 22.7 Å². The Bertz CT molecular complexity index is 1290. The number of rotatable bonds is 7. The summed E-state index contributed by atoms with van der Waals surface area (Å²) in [6, 6.07) is 4.69. The third kappa shape index (κ3) is 5.74. The Morgan fingerprint density at radius 3 is 2.79 bits per heavy atom. The van der Waals surface area contributed by atoms with Gasteiger partial charge in [-0.3, -0.25) is 0 Å². The van der Waals surface area contributed by atoms with Crippen LogP contribution in [0.5, 0.6) is 0 Å². The Hall–Kier alpha value is -1.68. The lowest BCUT2D eigenvalue weighted by Gasteiger charge is -2.37. The van der Waals surface area contributed by atoms with Crippen LogP contribution in [0.1, 0.15) is 91.9 Å². The fourth-order valence-corrected chi connectivity index (χ4v) is 9.36. The lowest BCUT2D eigenvalue weighted by Crippen LogP contribution is -2.32. The van der Waals surface area contributed by atoms with Crippen molar-refractivity contribution in [2.45, 2.75) is 93.1 Å². The van der Waals surface area contributed by atoms with Gasteiger partial charge in [-0.25, -0.2) is 0 Å². The zero-order chi connectivity index (χ0) is 27.7. The molecule has 210 valence electrons. The first-order chi connectivity index (χ1) is 18.7. The van der Waals surface area contributed by atoms with E-state index in [1.165, 1.54) is 44.7 Å². The average molecular weight is 561 g/mol. The van der Waals surface area contributed by atoms with Gasteiger partial charge >= 0.3 is 0 Å². The van der Waals surface area contributed by atoms with E-state index in [4.69, 9.17) is 4.74 Å². The molecule has 5 rings (SSSR count). The Morgan fingerprint density at radius 1 is 1.23 bits per heavy atom. The molecule has 5 atom stereocenters. The van der Waals surface area contributed by atoms with Crippen LogP contribution in [0.15, 0.2) is 70.2 Å². The molecule has 0 amide bonds. The first kappa shape index (κ1) is 28.8. The highest BCUT2D eigenvalue weighted by Crippen LogP contribution is 2.54. The standard InChI is InChI=1S/C36H48OS2/c1-8-10-11-26(9-2)23(3)12-14-28-25(5)36(6,7)31-20-24(4)30-21-27(13-15-32(30)37-18-16-29(28)31)34-22-35-33(39-34)17-19-38-35/h11-12,14,16-17,19,21-24,30-32H,8-10,13,15,18,20H2,1-7H3/b14-12-,26-11+,29-16?. The molecule has 0 spiro atoms. The summed E-state index contributed by atoms with van der Waals surface area (Å²) in [5.74, 6) is 2.08. The summed E-state index contributed by atoms with van der Waals surface area (Å²) in [7, 11) is 0. The van der Waals surface area contributed by atoms with Gasteiger partial charge in [-0.15, -0.1) is 22.7 Å². The number of fused-ring (bicyclic) bond motifs is 3. The number of allylic oxidation sites excluding steroid dienone is 8. The monoisotopic (exact) mass is 560 g/mol. The van der Waals surface area contributed by atoms with Crippen molar-refractivity contribution in [3.05, 3.63) is 75.1 Å². The van der Waals surface area contributed by atoms with Gasteiger partial charge in [0, 0.05) is 20.2 Å². The normalized spacial score (nSPS) is 28.5. The molecule has 0 saturated heterocycles. The predicted octanol–water partition coefficient (Wildman–Crippen LogP) is 11.4. The van der Waals surface area contributed by atoms with Crippen LogP contribution in [-0.4, -0.2) is 12.7 Å². The second-order valence-electron chi connectivity index (χ2n) is 12.7. The van der Waals surface area contributed by atoms with Crippen molar-refractivity contribution in [3.8, 4) is 0 Å². The second-order valence-corrected chi connectivity index (χ2v) is 14.7. The molecule has 2 aromatic heterocycles. The van der Waals surface area contributed by atoms with Crippen LogP contribution in [0.3, 0.4) is 0 Å². The summed E-state index contributed by atoms with van der Waals surface area (Å²) in [5, 5.41) is 2.21. The molecule has 5 unspecified atom stereocenters. The van der Waals surface area contributed by atoms with E-state index < -0.39 is 0 Å². The molecule has 39 heavy (non-hydrogen) atoms. The van der Waals surface area contributed by atoms with Crippen LogP contribution in [0.4, 0.5) is 0 Å². The summed E-state index contributed by atoms with van der Waals surface area (Å²) in [5.41, 5.74) is 7.82. The van der Waals surface area contributed by atoms with E-state index >= 15 is 0 Å². The third-order valence-electron chi connectivity index (χ3n) is 10.0. The number of hydrogen-bond acceptors (Lipinski definition) is 3. The molecule has 3 heterocycles. The largest absolute Gasteiger partial charge is 0.374 e. The minimum Gasteiger partial charge on any atom is -0.374 e. The molecule has 3 heteroatoms. The van der Waals surface area contributed by atoms with Gasteiger partial charge in [-0.2, -0.15) is 0 Å². The Balaban J connectivity index is 1.40. The fourth-order valence-electron chi connectivity index (χ4n) is 7.20. The van der Waals surface area contributed by atoms with Gasteiger partial charge in [-0.1, -0.05) is 89.5 Å². The molecule has 1 aliphatic heterocycles. The van der Waals surface area contributed by atoms with E-state index in [2.05, 4.69) is 96.4 Å². The van der Waals surface area contributed by atoms with Crippen LogP contribution in [0.25, 0.3) is 15.0 Å². The maximum absolute atomic E-state index is 6.68. The summed E-state index contributed by atoms with van der Waals surface area (Å²) in [4.78, 5) is 1.47. The Morgan fingerprint density at radius 2 is 2.05 bits per heavy atom. The van der Waals surface area contributed by atoms with Crippen molar-refractivity contribution in [1.29, 1.82) is 0 Å². The lowest BCUT2D eigenvalue weighted by molar-refractivity contribution is 0.0175. The molecule has 1 nitrogen and oxygen atoms in total. The summed E-state index contributed by atoms with van der Waals surface area (Å²) >= 11 is 3.83. The molecule has 0 fully saturated rings. The highest BCUT2D eigenvalue weighted by atomic mass is 32.1. The van der Waals surface area contributed by atoms with Crippen LogP contribution in [-0.2, 0) is 4.74 Å². The van der Waals surface area contributed by atoms with Crippen LogP contribution >= 0.6 is 22.7 Å². The zero-order valence-corrected chi connectivity index (χ0v) is 26.8. The van der Waals surface area contributed by atoms with Crippen molar-refractivity contribution in [2.75, 3.05) is 6.61 Å². The molecule has 2 aromatic rings. The molecule has 0 bridgehead atoms. The van der Waals surface area contributed by atoms with Crippen molar-refractivity contribution in [3.63, 3.8) is 0 Å². The predicted molar refractivity (Wildman–Crippen MR) is 174 cm³/mol. The smallest absolute Gasteiger partial charge is 0.0657 e. The molecular weight excluding hydrogens is 513 g/mol. The fraction of sp³-hybridized carbons (Fsp3) is 0.556. The van der Waals surface area contributed by atoms with Crippen molar-refractivity contribution in [1.82, 2.24) is 0 Å². The SMILES string of the molecule is CCC/C=C(\CC)C(C)/C=C\C1=C(C)C(C)(C)C2CC(C)C3C=C(c4cc5sccc5s4)CCC3OCC=C12. The maximum Gasteiger partial charge on any atom is 0.0657 e. The van der Waals surface area contributed by atoms with Crippen molar-refractivity contribution >= 4 is 37.6 Å². The first-order valence-electron chi connectivity index (χ1n) is 15.3. The Labute approximate surface area is 245 Å². The summed E-state index contributed by atoms with van der Waals surface area (Å²) in [6.45, 7) is 17.5. The van der Waals surface area contributed by atoms with Gasteiger partial charge < -0.3 is 4.74 Å². The molecule has 2 aliphatic carbocycles. The van der Waals surface area contributed by atoms with Crippen molar-refractivity contribution in [2.24, 2.45) is 29.1 Å². The van der Waals surface area contributed by atoms with E-state index in [-0.39, 0.29) is 5.41 Å². The highest BCUT2D eigenvalue weighted by Gasteiger charge is 2.44. The van der Waals surface area contributed by atoms with Gasteiger partial charge in [0.2, 0.25) is 0 Å². The zero-order valence-electron chi connectivity index (χ0n) is 25.2. The maximum atomic E-state index is 6.68. The number of unbranched alkanes of at least 4 members (excludes halogenated alkanes) is 1.